The van der Waals surface area contributed by atoms with Gasteiger partial charge in [0.1, 0.15) is 5.75 Å². The molecule has 0 radical (unpaired) electrons. The summed E-state index contributed by atoms with van der Waals surface area (Å²) in [6.45, 7) is 0. The number of amides is 2. The SMILES string of the molecule is COc1cc(NC(=O)CSc2ccccc2Cl)ccc1NC(=O)c1cccnc1. The third kappa shape index (κ3) is 5.73. The van der Waals surface area contributed by atoms with Crippen LogP contribution in [0.1, 0.15) is 10.4 Å². The van der Waals surface area contributed by atoms with Crippen molar-refractivity contribution in [3.8, 4) is 5.75 Å². The predicted octanol–water partition coefficient (Wildman–Crippen LogP) is 4.73. The molecule has 0 spiro atoms. The maximum atomic E-state index is 12.3. The van der Waals surface area contributed by atoms with Crippen molar-refractivity contribution in [1.29, 1.82) is 0 Å². The minimum atomic E-state index is -0.302. The summed E-state index contributed by atoms with van der Waals surface area (Å²) in [6, 6.07) is 15.7. The van der Waals surface area contributed by atoms with Crippen LogP contribution in [0.2, 0.25) is 5.02 Å². The van der Waals surface area contributed by atoms with Crippen LogP contribution in [-0.4, -0.2) is 29.7 Å². The number of carbonyl (C=O) groups is 2. The number of hydrogen-bond acceptors (Lipinski definition) is 5. The Balaban J connectivity index is 1.63. The molecule has 3 aromatic rings. The molecule has 0 saturated heterocycles. The first-order valence-electron chi connectivity index (χ1n) is 8.63. The summed E-state index contributed by atoms with van der Waals surface area (Å²) in [7, 11) is 1.49. The third-order valence-electron chi connectivity index (χ3n) is 3.85. The lowest BCUT2D eigenvalue weighted by atomic mass is 10.2. The molecule has 148 valence electrons. The molecule has 2 N–H and O–H groups in total. The van der Waals surface area contributed by atoms with Crippen LogP contribution in [-0.2, 0) is 4.79 Å². The highest BCUT2D eigenvalue weighted by atomic mass is 35.5. The average molecular weight is 428 g/mol. The molecule has 3 rings (SSSR count). The number of ether oxygens (including phenoxy) is 1. The lowest BCUT2D eigenvalue weighted by Gasteiger charge is -2.13. The molecule has 29 heavy (non-hydrogen) atoms. The van der Waals surface area contributed by atoms with Gasteiger partial charge in [0.2, 0.25) is 5.91 Å². The van der Waals surface area contributed by atoms with Crippen molar-refractivity contribution in [3.63, 3.8) is 0 Å². The Bertz CT molecular complexity index is 1020. The number of anilines is 2. The van der Waals surface area contributed by atoms with Crippen LogP contribution in [0.4, 0.5) is 11.4 Å². The summed E-state index contributed by atoms with van der Waals surface area (Å²) in [5.41, 5.74) is 1.49. The van der Waals surface area contributed by atoms with Crippen LogP contribution in [0.5, 0.6) is 5.75 Å². The molecular weight excluding hydrogens is 410 g/mol. The van der Waals surface area contributed by atoms with E-state index < -0.39 is 0 Å². The van der Waals surface area contributed by atoms with Crippen molar-refractivity contribution in [1.82, 2.24) is 4.98 Å². The number of methoxy groups -OCH3 is 1. The monoisotopic (exact) mass is 427 g/mol. The van der Waals surface area contributed by atoms with Crippen LogP contribution in [0.3, 0.4) is 0 Å². The van der Waals surface area contributed by atoms with Gasteiger partial charge < -0.3 is 15.4 Å². The number of rotatable bonds is 7. The van der Waals surface area contributed by atoms with Gasteiger partial charge in [-0.15, -0.1) is 11.8 Å². The van der Waals surface area contributed by atoms with Gasteiger partial charge in [-0.25, -0.2) is 0 Å². The van der Waals surface area contributed by atoms with Crippen molar-refractivity contribution in [2.24, 2.45) is 0 Å². The van der Waals surface area contributed by atoms with E-state index in [1.54, 1.807) is 42.6 Å². The van der Waals surface area contributed by atoms with Gasteiger partial charge in [0, 0.05) is 29.0 Å². The van der Waals surface area contributed by atoms with E-state index in [4.69, 9.17) is 16.3 Å². The zero-order valence-electron chi connectivity index (χ0n) is 15.5. The van der Waals surface area contributed by atoms with Crippen LogP contribution in [0.25, 0.3) is 0 Å². The smallest absolute Gasteiger partial charge is 0.257 e. The Morgan fingerprint density at radius 2 is 1.93 bits per heavy atom. The zero-order valence-corrected chi connectivity index (χ0v) is 17.1. The number of pyridine rings is 1. The molecule has 0 bridgehead atoms. The summed E-state index contributed by atoms with van der Waals surface area (Å²) in [6.07, 6.45) is 3.08. The molecule has 0 fully saturated rings. The molecule has 0 unspecified atom stereocenters. The Hall–Kier alpha value is -3.03. The predicted molar refractivity (Wildman–Crippen MR) is 116 cm³/mol. The van der Waals surface area contributed by atoms with Crippen molar-refractivity contribution >= 4 is 46.6 Å². The van der Waals surface area contributed by atoms with Crippen LogP contribution < -0.4 is 15.4 Å². The van der Waals surface area contributed by atoms with Gasteiger partial charge in [-0.2, -0.15) is 0 Å². The second-order valence-corrected chi connectivity index (χ2v) is 7.30. The zero-order chi connectivity index (χ0) is 20.6. The van der Waals surface area contributed by atoms with Crippen LogP contribution in [0, 0.1) is 0 Å². The lowest BCUT2D eigenvalue weighted by Crippen LogP contribution is -2.15. The van der Waals surface area contributed by atoms with E-state index in [0.717, 1.165) is 4.90 Å². The summed E-state index contributed by atoms with van der Waals surface area (Å²) >= 11 is 7.46. The fourth-order valence-electron chi connectivity index (χ4n) is 2.47. The van der Waals surface area contributed by atoms with Crippen molar-refractivity contribution < 1.29 is 14.3 Å². The highest BCUT2D eigenvalue weighted by molar-refractivity contribution is 8.00. The highest BCUT2D eigenvalue weighted by Gasteiger charge is 2.12. The first-order valence-corrected chi connectivity index (χ1v) is 10.00. The number of carbonyl (C=O) groups excluding carboxylic acids is 2. The van der Waals surface area contributed by atoms with Crippen molar-refractivity contribution in [2.45, 2.75) is 4.90 Å². The van der Waals surface area contributed by atoms with Gasteiger partial charge in [0.25, 0.3) is 5.91 Å². The molecular formula is C21H18ClN3O3S. The van der Waals surface area contributed by atoms with Gasteiger partial charge >= 0.3 is 0 Å². The van der Waals surface area contributed by atoms with E-state index in [1.165, 1.54) is 25.1 Å². The molecule has 0 aliphatic carbocycles. The van der Waals surface area contributed by atoms with E-state index in [1.807, 2.05) is 18.2 Å². The van der Waals surface area contributed by atoms with Gasteiger partial charge in [0.15, 0.2) is 0 Å². The number of thioether (sulfide) groups is 1. The third-order valence-corrected chi connectivity index (χ3v) is 5.37. The topological polar surface area (TPSA) is 80.3 Å². The first kappa shape index (κ1) is 20.7. The standard InChI is InChI=1S/C21H18ClN3O3S/c1-28-18-11-15(24-20(26)13-29-19-7-3-2-6-16(19)22)8-9-17(18)25-21(27)14-5-4-10-23-12-14/h2-12H,13H2,1H3,(H,24,26)(H,25,27). The number of benzene rings is 2. The molecule has 1 heterocycles. The largest absolute Gasteiger partial charge is 0.494 e. The molecule has 0 atom stereocenters. The number of aromatic nitrogens is 1. The molecule has 1 aromatic heterocycles. The Morgan fingerprint density at radius 3 is 2.66 bits per heavy atom. The van der Waals surface area contributed by atoms with E-state index in [2.05, 4.69) is 15.6 Å². The number of nitrogens with one attached hydrogen (secondary N) is 2. The molecule has 2 aromatic carbocycles. The second-order valence-electron chi connectivity index (χ2n) is 5.88. The first-order chi connectivity index (χ1) is 14.1. The van der Waals surface area contributed by atoms with E-state index in [0.29, 0.717) is 27.7 Å². The van der Waals surface area contributed by atoms with E-state index in [-0.39, 0.29) is 17.6 Å². The van der Waals surface area contributed by atoms with E-state index in [9.17, 15) is 9.59 Å². The van der Waals surface area contributed by atoms with Crippen LogP contribution in [0.15, 0.2) is 71.9 Å². The van der Waals surface area contributed by atoms with Gasteiger partial charge in [-0.1, -0.05) is 23.7 Å². The van der Waals surface area contributed by atoms with Crippen LogP contribution >= 0.6 is 23.4 Å². The molecule has 0 saturated carbocycles. The second kappa shape index (κ2) is 9.95. The van der Waals surface area contributed by atoms with Crippen molar-refractivity contribution in [2.75, 3.05) is 23.5 Å². The average Bonchev–Trinajstić information content (AvgIpc) is 2.74. The van der Waals surface area contributed by atoms with Gasteiger partial charge in [-0.05, 0) is 36.4 Å². The quantitative estimate of drug-likeness (QED) is 0.533. The summed E-state index contributed by atoms with van der Waals surface area (Å²) < 4.78 is 5.35. The van der Waals surface area contributed by atoms with E-state index >= 15 is 0 Å². The molecule has 0 aliphatic heterocycles. The maximum absolute atomic E-state index is 12.3. The minimum Gasteiger partial charge on any atom is -0.494 e. The van der Waals surface area contributed by atoms with Crippen molar-refractivity contribution in [3.05, 3.63) is 77.6 Å². The number of hydrogen-bond donors (Lipinski definition) is 2. The Morgan fingerprint density at radius 1 is 1.10 bits per heavy atom. The molecule has 6 nitrogen and oxygen atoms in total. The fraction of sp³-hybridized carbons (Fsp3) is 0.0952. The Kier molecular flexibility index (Phi) is 7.10. The molecule has 8 heteroatoms. The number of nitrogens with zero attached hydrogens (tertiary/aromatic N) is 1. The van der Waals surface area contributed by atoms with Gasteiger partial charge in [0.05, 0.1) is 29.1 Å². The van der Waals surface area contributed by atoms with Gasteiger partial charge in [-0.3, -0.25) is 14.6 Å². The summed E-state index contributed by atoms with van der Waals surface area (Å²) in [5.74, 6) is 0.165. The Labute approximate surface area is 177 Å². The summed E-state index contributed by atoms with van der Waals surface area (Å²) in [4.78, 5) is 29.3. The number of halogens is 1. The fourth-order valence-corrected chi connectivity index (χ4v) is 3.50. The normalized spacial score (nSPS) is 10.3. The molecule has 2 amide bonds. The summed E-state index contributed by atoms with van der Waals surface area (Å²) in [5, 5.41) is 6.20. The minimum absolute atomic E-state index is 0.177. The molecule has 0 aliphatic rings. The maximum Gasteiger partial charge on any atom is 0.257 e. The lowest BCUT2D eigenvalue weighted by molar-refractivity contribution is -0.113. The highest BCUT2D eigenvalue weighted by Crippen LogP contribution is 2.29.